The van der Waals surface area contributed by atoms with E-state index in [1.807, 2.05) is 0 Å². The Kier molecular flexibility index (Phi) is 3.75. The maximum absolute atomic E-state index is 9.40. The molecule has 6 heteroatoms. The minimum absolute atomic E-state index is 1.08. The van der Waals surface area contributed by atoms with Crippen LogP contribution in [0.5, 0.6) is 0 Å². The van der Waals surface area contributed by atoms with E-state index < -0.39 is 18.6 Å². The molecule has 0 spiro atoms. The number of hydrogen-bond acceptors (Lipinski definition) is 4. The number of nitrogens with one attached hydrogen (secondary N) is 1. The van der Waals surface area contributed by atoms with Crippen LogP contribution in [0.2, 0.25) is 0 Å². The Morgan fingerprint density at radius 1 is 1.83 bits per heavy atom. The van der Waals surface area contributed by atoms with Gasteiger partial charge in [-0.2, -0.15) is 0 Å². The molecule has 36 valence electrons. The summed E-state index contributed by atoms with van der Waals surface area (Å²) < 4.78 is 20.6. The van der Waals surface area contributed by atoms with Crippen molar-refractivity contribution in [1.29, 1.82) is 0 Å². The van der Waals surface area contributed by atoms with Crippen molar-refractivity contribution in [2.75, 3.05) is 0 Å². The first kappa shape index (κ1) is 6.35. The molecule has 0 aromatic carbocycles. The van der Waals surface area contributed by atoms with Gasteiger partial charge in [0.2, 0.25) is 0 Å². The fraction of sp³-hybridized carbons (Fsp3) is 0. The Labute approximate surface area is 40.6 Å². The van der Waals surface area contributed by atoms with E-state index in [9.17, 15) is 3.32 Å². The molecule has 0 aliphatic heterocycles. The molecule has 0 rings (SSSR count). The summed E-state index contributed by atoms with van der Waals surface area (Å²) in [5.74, 6) is 0. The molecule has 0 bridgehead atoms. The van der Waals surface area contributed by atoms with Gasteiger partial charge in [0.25, 0.3) is 0 Å². The zero-order valence-corrected chi connectivity index (χ0v) is 4.27. The first-order valence-electron chi connectivity index (χ1n) is 1.06. The second-order valence-electron chi connectivity index (χ2n) is 0.459. The van der Waals surface area contributed by atoms with Gasteiger partial charge in [-0.1, -0.05) is 0 Å². The van der Waals surface area contributed by atoms with Crippen LogP contribution in [-0.2, 0) is 25.4 Å². The molecule has 0 saturated heterocycles. The molecule has 0 aromatic rings. The van der Waals surface area contributed by atoms with Gasteiger partial charge in [-0.05, 0) is 0 Å². The van der Waals surface area contributed by atoms with Crippen LogP contribution in [0.4, 0.5) is 0 Å². The maximum atomic E-state index is 9.40. The van der Waals surface area contributed by atoms with E-state index in [0.717, 1.165) is 5.64 Å². The molecule has 0 atom stereocenters. The van der Waals surface area contributed by atoms with Crippen molar-refractivity contribution in [3.05, 3.63) is 0 Å². The summed E-state index contributed by atoms with van der Waals surface area (Å²) in [4.78, 5) is 0. The van der Waals surface area contributed by atoms with Gasteiger partial charge in [0.1, 0.15) is 0 Å². The first-order valence-corrected chi connectivity index (χ1v) is 3.03. The van der Waals surface area contributed by atoms with Crippen LogP contribution in [0.25, 0.3) is 0 Å². The van der Waals surface area contributed by atoms with E-state index in [0.29, 0.717) is 0 Å². The molecule has 0 saturated carbocycles. The van der Waals surface area contributed by atoms with Gasteiger partial charge in [-0.3, -0.25) is 0 Å². The van der Waals surface area contributed by atoms with Crippen molar-refractivity contribution >= 4 is 0 Å². The predicted molar refractivity (Wildman–Crippen MR) is 8.91 cm³/mol. The summed E-state index contributed by atoms with van der Waals surface area (Å²) in [6.07, 6.45) is 0. The molecule has 0 amide bonds. The van der Waals surface area contributed by atoms with Crippen LogP contribution in [0.15, 0.2) is 0 Å². The third kappa shape index (κ3) is 4.35. The van der Waals surface area contributed by atoms with Gasteiger partial charge in [-0.15, -0.1) is 0 Å². The molecule has 5 nitrogen and oxygen atoms in total. The van der Waals surface area contributed by atoms with Crippen LogP contribution in [0.1, 0.15) is 0 Å². The molecule has 3 N–H and O–H groups in total. The van der Waals surface area contributed by atoms with Gasteiger partial charge in [0, 0.05) is 0 Å². The third-order valence-electron chi connectivity index (χ3n) is 0.133. The quantitative estimate of drug-likeness (QED) is 0.318. The zero-order valence-electron chi connectivity index (χ0n) is 2.71. The Morgan fingerprint density at radius 2 is 2.33 bits per heavy atom. The van der Waals surface area contributed by atoms with Gasteiger partial charge in [-0.25, -0.2) is 0 Å². The van der Waals surface area contributed by atoms with Crippen molar-refractivity contribution < 1.29 is 34.3 Å². The normalized spacial score (nSPS) is 8.33. The Hall–Kier alpha value is 0.354. The van der Waals surface area contributed by atoms with E-state index in [1.165, 1.54) is 0 Å². The molecule has 0 heterocycles. The van der Waals surface area contributed by atoms with E-state index in [2.05, 4.69) is 3.42 Å². The van der Waals surface area contributed by atoms with Crippen LogP contribution < -0.4 is 5.64 Å². The summed E-state index contributed by atoms with van der Waals surface area (Å²) in [7, 11) is 0. The van der Waals surface area contributed by atoms with E-state index >= 15 is 0 Å². The minimum atomic E-state index is -3.50. The average molecular weight is 129 g/mol. The standard InChI is InChI=1S/H2NO2.H2O.O.Ti/c2-1-3;;;/h1-2H;1H2;;/q-1;;;+2/p-1. The molecule has 0 aliphatic carbocycles. The van der Waals surface area contributed by atoms with Gasteiger partial charge in [0.05, 0.1) is 0 Å². The van der Waals surface area contributed by atoms with Crippen LogP contribution in [0.3, 0.4) is 0 Å². The third-order valence-corrected chi connectivity index (χ3v) is 0.548. The van der Waals surface area contributed by atoms with Crippen molar-refractivity contribution in [2.24, 2.45) is 0 Å². The predicted octanol–water partition coefficient (Wildman–Crippen LogP) is -1.32. The molecule has 0 aliphatic rings. The Morgan fingerprint density at radius 3 is 2.33 bits per heavy atom. The van der Waals surface area contributed by atoms with Gasteiger partial charge in [0.15, 0.2) is 0 Å². The van der Waals surface area contributed by atoms with Gasteiger partial charge >= 0.3 is 39.9 Å². The zero-order chi connectivity index (χ0) is 4.99. The van der Waals surface area contributed by atoms with Crippen molar-refractivity contribution in [3.8, 4) is 0 Å². The van der Waals surface area contributed by atoms with E-state index in [-0.39, 0.29) is 0 Å². The van der Waals surface area contributed by atoms with Crippen molar-refractivity contribution in [2.45, 2.75) is 0 Å². The fourth-order valence-electron chi connectivity index (χ4n) is 0.0390. The van der Waals surface area contributed by atoms with E-state index in [1.54, 1.807) is 0 Å². The molecule has 0 aromatic heterocycles. The van der Waals surface area contributed by atoms with Crippen LogP contribution in [-0.4, -0.2) is 8.90 Å². The molecule has 0 radical (unpaired) electrons. The van der Waals surface area contributed by atoms with Gasteiger partial charge < -0.3 is 0 Å². The van der Waals surface area contributed by atoms with Crippen molar-refractivity contribution in [3.63, 3.8) is 0 Å². The number of hydrogen-bond donors (Lipinski definition) is 3. The molecule has 0 fully saturated rings. The second-order valence-corrected chi connectivity index (χ2v) is 1.61. The summed E-state index contributed by atoms with van der Waals surface area (Å²) in [5, 5.41) is 7.45. The first-order chi connectivity index (χ1) is 2.77. The monoisotopic (exact) mass is 129 g/mol. The molecule has 0 unspecified atom stereocenters. The number of rotatable bonds is 2. The summed E-state index contributed by atoms with van der Waals surface area (Å²) in [6.45, 7) is 0. The second kappa shape index (κ2) is 3.54. The molecule has 6 heavy (non-hydrogen) atoms. The summed E-state index contributed by atoms with van der Waals surface area (Å²) in [6, 6.07) is 0. The Bertz CT molecular complexity index is 51.5. The van der Waals surface area contributed by atoms with Crippen molar-refractivity contribution in [1.82, 2.24) is 5.64 Å². The Balaban J connectivity index is 2.83. The summed E-state index contributed by atoms with van der Waals surface area (Å²) >= 11 is -3.50. The molecular formula is H3NO4Ti. The van der Waals surface area contributed by atoms with E-state index in [4.69, 9.17) is 8.90 Å². The van der Waals surface area contributed by atoms with Crippen LogP contribution in [0, 0.1) is 0 Å². The summed E-state index contributed by atoms with van der Waals surface area (Å²) in [5.41, 5.74) is 1.08. The van der Waals surface area contributed by atoms with Crippen LogP contribution >= 0.6 is 0 Å². The topological polar surface area (TPSA) is 78.8 Å². The fourth-order valence-corrected chi connectivity index (χ4v) is 0.161. The average Bonchev–Trinajstić information content (AvgIpc) is 1.35. The SMILES string of the molecule is [O]=[Ti]([OH])[O]NO. The molecular weight excluding hydrogens is 126 g/mol.